The largest absolute Gasteiger partial charge is 0.309 e. The van der Waals surface area contributed by atoms with Gasteiger partial charge in [0, 0.05) is 53.1 Å². The summed E-state index contributed by atoms with van der Waals surface area (Å²) in [5.41, 5.74) is 12.2. The molecule has 2 nitrogen and oxygen atoms in total. The van der Waals surface area contributed by atoms with E-state index < -0.39 is 0 Å². The van der Waals surface area contributed by atoms with E-state index in [1.165, 1.54) is 97.4 Å². The molecule has 11 rings (SSSR count). The summed E-state index contributed by atoms with van der Waals surface area (Å²) >= 11 is 1.88. The normalized spacial score (nSPS) is 11.9. The summed E-state index contributed by atoms with van der Waals surface area (Å²) < 4.78 is 7.40. The van der Waals surface area contributed by atoms with Gasteiger partial charge in [0.2, 0.25) is 0 Å². The molecule has 3 heterocycles. The second kappa shape index (κ2) is 11.0. The van der Waals surface area contributed by atoms with E-state index in [0.717, 1.165) is 0 Å². The first-order valence-corrected chi connectivity index (χ1v) is 18.2. The van der Waals surface area contributed by atoms with Crippen molar-refractivity contribution in [3.05, 3.63) is 182 Å². The van der Waals surface area contributed by atoms with Crippen LogP contribution >= 0.6 is 11.3 Å². The van der Waals surface area contributed by atoms with Gasteiger partial charge in [-0.25, -0.2) is 0 Å². The number of benzene rings is 8. The van der Waals surface area contributed by atoms with Crippen molar-refractivity contribution in [1.29, 1.82) is 0 Å². The molecule has 238 valence electrons. The van der Waals surface area contributed by atoms with Gasteiger partial charge in [0.05, 0.1) is 22.1 Å². The molecule has 0 saturated heterocycles. The molecular weight excluding hydrogens is 637 g/mol. The molecule has 0 bridgehead atoms. The molecule has 0 unspecified atom stereocenters. The highest BCUT2D eigenvalue weighted by atomic mass is 32.1. The Balaban J connectivity index is 1.03. The average Bonchev–Trinajstić information content (AvgIpc) is 3.85. The molecule has 0 spiro atoms. The van der Waals surface area contributed by atoms with Crippen molar-refractivity contribution in [2.75, 3.05) is 0 Å². The lowest BCUT2D eigenvalue weighted by Gasteiger charge is -2.09. The van der Waals surface area contributed by atoms with Crippen LogP contribution in [0.2, 0.25) is 0 Å². The van der Waals surface area contributed by atoms with Crippen LogP contribution in [0.1, 0.15) is 0 Å². The minimum Gasteiger partial charge on any atom is -0.309 e. The number of hydrogen-bond acceptors (Lipinski definition) is 1. The molecule has 3 heteroatoms. The van der Waals surface area contributed by atoms with Crippen LogP contribution in [0.5, 0.6) is 0 Å². The van der Waals surface area contributed by atoms with E-state index >= 15 is 0 Å². The number of para-hydroxylation sites is 4. The molecule has 0 radical (unpaired) electrons. The lowest BCUT2D eigenvalue weighted by Crippen LogP contribution is -1.93. The fourth-order valence-corrected chi connectivity index (χ4v) is 9.33. The summed E-state index contributed by atoms with van der Waals surface area (Å²) in [5, 5.41) is 7.72. The van der Waals surface area contributed by atoms with E-state index in [1.807, 2.05) is 11.3 Å². The number of thiophene rings is 1. The number of nitrogens with zero attached hydrogens (tertiary/aromatic N) is 2. The summed E-state index contributed by atoms with van der Waals surface area (Å²) in [4.78, 5) is 0. The molecule has 0 aliphatic rings. The van der Waals surface area contributed by atoms with Crippen LogP contribution in [0.3, 0.4) is 0 Å². The Morgan fingerprint density at radius 2 is 0.627 bits per heavy atom. The van der Waals surface area contributed by atoms with Gasteiger partial charge in [-0.1, -0.05) is 121 Å². The van der Waals surface area contributed by atoms with Gasteiger partial charge in [-0.15, -0.1) is 11.3 Å². The highest BCUT2D eigenvalue weighted by Crippen LogP contribution is 2.41. The summed E-state index contributed by atoms with van der Waals surface area (Å²) in [6, 6.07) is 66.6. The molecule has 0 aliphatic heterocycles. The smallest absolute Gasteiger partial charge is 0.0547 e. The van der Waals surface area contributed by atoms with Crippen LogP contribution in [0.15, 0.2) is 182 Å². The van der Waals surface area contributed by atoms with Gasteiger partial charge in [0.25, 0.3) is 0 Å². The molecule has 0 fully saturated rings. The van der Waals surface area contributed by atoms with Crippen LogP contribution in [0.25, 0.3) is 97.4 Å². The SMILES string of the molecule is c1ccc(-n2c3ccccc3c3ccc(-c4ccc5c(c4)sc4cc(-c6ccc7c8ccccc8n(-c8ccccc8)c7c6)ccc45)cc32)cc1. The third-order valence-corrected chi connectivity index (χ3v) is 11.6. The molecule has 0 atom stereocenters. The molecule has 0 N–H and O–H groups in total. The van der Waals surface area contributed by atoms with Gasteiger partial charge < -0.3 is 9.13 Å². The van der Waals surface area contributed by atoms with Gasteiger partial charge >= 0.3 is 0 Å². The van der Waals surface area contributed by atoms with E-state index in [-0.39, 0.29) is 0 Å². The maximum atomic E-state index is 2.39. The highest BCUT2D eigenvalue weighted by Gasteiger charge is 2.16. The van der Waals surface area contributed by atoms with Crippen molar-refractivity contribution in [2.45, 2.75) is 0 Å². The lowest BCUT2D eigenvalue weighted by molar-refractivity contribution is 1.18. The fraction of sp³-hybridized carbons (Fsp3) is 0. The molecule has 0 amide bonds. The third kappa shape index (κ3) is 4.35. The topological polar surface area (TPSA) is 9.86 Å². The first-order valence-electron chi connectivity index (χ1n) is 17.4. The van der Waals surface area contributed by atoms with Crippen LogP contribution in [-0.2, 0) is 0 Å². The Hall–Kier alpha value is -6.42. The van der Waals surface area contributed by atoms with E-state index in [1.54, 1.807) is 0 Å². The highest BCUT2D eigenvalue weighted by molar-refractivity contribution is 7.25. The first kappa shape index (κ1) is 28.4. The van der Waals surface area contributed by atoms with Gasteiger partial charge in [-0.2, -0.15) is 0 Å². The number of hydrogen-bond donors (Lipinski definition) is 0. The van der Waals surface area contributed by atoms with Crippen molar-refractivity contribution < 1.29 is 0 Å². The van der Waals surface area contributed by atoms with E-state index in [9.17, 15) is 0 Å². The van der Waals surface area contributed by atoms with Crippen molar-refractivity contribution in [1.82, 2.24) is 9.13 Å². The van der Waals surface area contributed by atoms with Crippen LogP contribution in [-0.4, -0.2) is 9.13 Å². The van der Waals surface area contributed by atoms with Crippen molar-refractivity contribution in [2.24, 2.45) is 0 Å². The van der Waals surface area contributed by atoms with Gasteiger partial charge in [0.15, 0.2) is 0 Å². The molecular formula is C48H30N2S. The maximum Gasteiger partial charge on any atom is 0.0547 e. The molecule has 8 aromatic carbocycles. The Morgan fingerprint density at radius 1 is 0.275 bits per heavy atom. The Bertz CT molecular complexity index is 2910. The molecule has 0 saturated carbocycles. The summed E-state index contributed by atoms with van der Waals surface area (Å²) in [6.45, 7) is 0. The monoisotopic (exact) mass is 666 g/mol. The Labute approximate surface area is 298 Å². The average molecular weight is 667 g/mol. The second-order valence-electron chi connectivity index (χ2n) is 13.4. The number of aromatic nitrogens is 2. The zero-order chi connectivity index (χ0) is 33.5. The summed E-state index contributed by atoms with van der Waals surface area (Å²) in [7, 11) is 0. The predicted octanol–water partition coefficient (Wildman–Crippen LogP) is 13.6. The van der Waals surface area contributed by atoms with Gasteiger partial charge in [-0.3, -0.25) is 0 Å². The van der Waals surface area contributed by atoms with E-state index in [2.05, 4.69) is 191 Å². The molecule has 51 heavy (non-hydrogen) atoms. The number of rotatable bonds is 4. The summed E-state index contributed by atoms with van der Waals surface area (Å²) in [6.07, 6.45) is 0. The second-order valence-corrected chi connectivity index (χ2v) is 14.4. The zero-order valence-electron chi connectivity index (χ0n) is 27.6. The summed E-state index contributed by atoms with van der Waals surface area (Å²) in [5.74, 6) is 0. The molecule has 0 aliphatic carbocycles. The Kier molecular flexibility index (Phi) is 6.16. The van der Waals surface area contributed by atoms with E-state index in [4.69, 9.17) is 0 Å². The zero-order valence-corrected chi connectivity index (χ0v) is 28.4. The minimum absolute atomic E-state index is 1.18. The molecule has 3 aromatic heterocycles. The lowest BCUT2D eigenvalue weighted by atomic mass is 10.00. The van der Waals surface area contributed by atoms with Crippen molar-refractivity contribution in [3.8, 4) is 33.6 Å². The van der Waals surface area contributed by atoms with E-state index in [0.29, 0.717) is 0 Å². The minimum atomic E-state index is 1.18. The maximum absolute atomic E-state index is 2.39. The third-order valence-electron chi connectivity index (χ3n) is 10.5. The van der Waals surface area contributed by atoms with Crippen molar-refractivity contribution in [3.63, 3.8) is 0 Å². The molecule has 11 aromatic rings. The van der Waals surface area contributed by atoms with Crippen LogP contribution < -0.4 is 0 Å². The Morgan fingerprint density at radius 3 is 1.08 bits per heavy atom. The first-order chi connectivity index (χ1) is 25.3. The van der Waals surface area contributed by atoms with Crippen molar-refractivity contribution >= 4 is 75.1 Å². The fourth-order valence-electron chi connectivity index (χ4n) is 8.15. The van der Waals surface area contributed by atoms with Gasteiger partial charge in [-0.05, 0) is 82.9 Å². The standard InChI is InChI=1S/C48H30N2S/c1-3-11-35(12-4-1)49-43-17-9-7-15-37(43)39-23-19-31(27-45(39)49)33-21-25-41-42-26-22-34(30-48(42)51-47(41)29-33)32-20-24-40-38-16-8-10-18-44(38)50(46(40)28-32)36-13-5-2-6-14-36/h1-30H. The van der Waals surface area contributed by atoms with Crippen LogP contribution in [0.4, 0.5) is 0 Å². The predicted molar refractivity (Wildman–Crippen MR) is 219 cm³/mol. The quantitative estimate of drug-likeness (QED) is 0.177. The van der Waals surface area contributed by atoms with Gasteiger partial charge in [0.1, 0.15) is 0 Å². The number of fused-ring (bicyclic) bond motifs is 9. The van der Waals surface area contributed by atoms with Crippen LogP contribution in [0, 0.1) is 0 Å².